The molecule has 0 radical (unpaired) electrons. The molecule has 2 heterocycles. The molecule has 3 rings (SSSR count). The van der Waals surface area contributed by atoms with Crippen molar-refractivity contribution in [2.45, 2.75) is 55.3 Å². The Kier molecular flexibility index (Phi) is 4.70. The maximum Gasteiger partial charge on any atom is 0.243 e. The molecule has 6 nitrogen and oxygen atoms in total. The van der Waals surface area contributed by atoms with E-state index in [4.69, 9.17) is 4.74 Å². The highest BCUT2D eigenvalue weighted by Crippen LogP contribution is 2.40. The Labute approximate surface area is 147 Å². The molecule has 1 aromatic rings. The summed E-state index contributed by atoms with van der Waals surface area (Å²) in [6.45, 7) is 3.81. The second-order valence-electron chi connectivity index (χ2n) is 7.24. The number of sulfonamides is 1. The molecular weight excluding hydrogens is 349 g/mol. The van der Waals surface area contributed by atoms with E-state index in [2.05, 4.69) is 0 Å². The van der Waals surface area contributed by atoms with Gasteiger partial charge in [0.15, 0.2) is 0 Å². The van der Waals surface area contributed by atoms with Gasteiger partial charge in [0.1, 0.15) is 11.9 Å². The maximum absolute atomic E-state index is 13.3. The van der Waals surface area contributed by atoms with Gasteiger partial charge in [-0.05, 0) is 50.5 Å². The number of rotatable bonds is 2. The van der Waals surface area contributed by atoms with Crippen LogP contribution in [0.1, 0.15) is 31.7 Å². The van der Waals surface area contributed by atoms with E-state index in [9.17, 15) is 23.0 Å². The molecule has 0 bridgehead atoms. The third kappa shape index (κ3) is 3.21. The first kappa shape index (κ1) is 18.7. The normalized spacial score (nSPS) is 30.5. The number of halogens is 1. The lowest BCUT2D eigenvalue weighted by atomic mass is 9.75. The minimum Gasteiger partial charge on any atom is -0.387 e. The average Bonchev–Trinajstić information content (AvgIpc) is 2.53. The number of nitrogens with zero attached hydrogens (tertiary/aromatic N) is 1. The van der Waals surface area contributed by atoms with Crippen molar-refractivity contribution in [3.63, 3.8) is 0 Å². The molecule has 140 valence electrons. The molecule has 2 atom stereocenters. The molecule has 0 aromatic heterocycles. The molecule has 8 heteroatoms. The van der Waals surface area contributed by atoms with Gasteiger partial charge >= 0.3 is 0 Å². The monoisotopic (exact) mass is 373 g/mol. The van der Waals surface area contributed by atoms with Crippen LogP contribution in [-0.4, -0.2) is 59.9 Å². The second-order valence-corrected chi connectivity index (χ2v) is 9.14. The molecule has 0 amide bonds. The smallest absolute Gasteiger partial charge is 0.243 e. The average molecular weight is 373 g/mol. The molecule has 2 saturated heterocycles. The maximum atomic E-state index is 13.3. The number of hydrogen-bond donors (Lipinski definition) is 2. The van der Waals surface area contributed by atoms with E-state index in [-0.39, 0.29) is 18.0 Å². The van der Waals surface area contributed by atoms with Crippen molar-refractivity contribution < 1.29 is 27.8 Å². The standard InChI is InChI=1S/C17H24FNO5S/c1-12-11-13(18)3-4-14(12)25(22,23)19-8-5-17(6-9-19)15(20)16(2,21)7-10-24-17/h3-4,11,15,20-21H,5-10H2,1-2H3/t15-,16+/m0/s1. The Morgan fingerprint density at radius 2 is 1.92 bits per heavy atom. The molecule has 2 N–H and O–H groups in total. The lowest BCUT2D eigenvalue weighted by Crippen LogP contribution is -2.64. The predicted molar refractivity (Wildman–Crippen MR) is 89.1 cm³/mol. The lowest BCUT2D eigenvalue weighted by molar-refractivity contribution is -0.243. The van der Waals surface area contributed by atoms with Crippen LogP contribution in [-0.2, 0) is 14.8 Å². The summed E-state index contributed by atoms with van der Waals surface area (Å²) >= 11 is 0. The first-order chi connectivity index (χ1) is 11.6. The van der Waals surface area contributed by atoms with Crippen molar-refractivity contribution in [3.8, 4) is 0 Å². The van der Waals surface area contributed by atoms with Gasteiger partial charge in [0, 0.05) is 19.5 Å². The molecule has 0 saturated carbocycles. The fourth-order valence-electron chi connectivity index (χ4n) is 3.81. The first-order valence-corrected chi connectivity index (χ1v) is 9.83. The summed E-state index contributed by atoms with van der Waals surface area (Å²) in [6.07, 6.45) is -0.133. The highest BCUT2D eigenvalue weighted by Gasteiger charge is 2.53. The SMILES string of the molecule is Cc1cc(F)ccc1S(=O)(=O)N1CCC2(CC1)OCC[C@@](C)(O)[C@@H]2O. The molecule has 2 fully saturated rings. The van der Waals surface area contributed by atoms with E-state index in [0.717, 1.165) is 6.07 Å². The zero-order valence-corrected chi connectivity index (χ0v) is 15.2. The summed E-state index contributed by atoms with van der Waals surface area (Å²) in [5, 5.41) is 20.8. The van der Waals surface area contributed by atoms with Gasteiger partial charge in [-0.2, -0.15) is 4.31 Å². The van der Waals surface area contributed by atoms with Gasteiger partial charge in [-0.1, -0.05) is 0 Å². The van der Waals surface area contributed by atoms with Gasteiger partial charge in [-0.25, -0.2) is 12.8 Å². The van der Waals surface area contributed by atoms with Gasteiger partial charge in [0.25, 0.3) is 0 Å². The van der Waals surface area contributed by atoms with E-state index >= 15 is 0 Å². The quantitative estimate of drug-likeness (QED) is 0.813. The van der Waals surface area contributed by atoms with Gasteiger partial charge in [0.05, 0.1) is 22.7 Å². The minimum atomic E-state index is -3.74. The number of hydrogen-bond acceptors (Lipinski definition) is 5. The van der Waals surface area contributed by atoms with Crippen molar-refractivity contribution in [3.05, 3.63) is 29.6 Å². The molecule has 2 aliphatic rings. The third-order valence-corrected chi connectivity index (χ3v) is 7.47. The Balaban J connectivity index is 1.80. The van der Waals surface area contributed by atoms with Gasteiger partial charge in [0.2, 0.25) is 10.0 Å². The fraction of sp³-hybridized carbons (Fsp3) is 0.647. The van der Waals surface area contributed by atoms with Crippen molar-refractivity contribution in [1.29, 1.82) is 0 Å². The van der Waals surface area contributed by atoms with Crippen LogP contribution in [0, 0.1) is 12.7 Å². The number of aryl methyl sites for hydroxylation is 1. The number of piperidine rings is 1. The molecule has 1 aromatic carbocycles. The Hall–Kier alpha value is -1.06. The van der Waals surface area contributed by atoms with Crippen LogP contribution < -0.4 is 0 Å². The molecular formula is C17H24FNO5S. The van der Waals surface area contributed by atoms with Gasteiger partial charge in [-0.15, -0.1) is 0 Å². The minimum absolute atomic E-state index is 0.0851. The summed E-state index contributed by atoms with van der Waals surface area (Å²) in [6, 6.07) is 3.61. The van der Waals surface area contributed by atoms with Crippen LogP contribution in [0.4, 0.5) is 4.39 Å². The summed E-state index contributed by atoms with van der Waals surface area (Å²) in [4.78, 5) is 0.0851. The van der Waals surface area contributed by atoms with Crippen LogP contribution in [0.15, 0.2) is 23.1 Å². The van der Waals surface area contributed by atoms with Gasteiger partial charge < -0.3 is 14.9 Å². The fourth-order valence-corrected chi connectivity index (χ4v) is 5.45. The molecule has 2 aliphatic heterocycles. The van der Waals surface area contributed by atoms with Crippen molar-refractivity contribution in [1.82, 2.24) is 4.31 Å². The van der Waals surface area contributed by atoms with Crippen LogP contribution >= 0.6 is 0 Å². The van der Waals surface area contributed by atoms with Crippen molar-refractivity contribution in [2.75, 3.05) is 19.7 Å². The third-order valence-electron chi connectivity index (χ3n) is 5.41. The lowest BCUT2D eigenvalue weighted by Gasteiger charge is -2.51. The highest BCUT2D eigenvalue weighted by atomic mass is 32.2. The summed E-state index contributed by atoms with van der Waals surface area (Å²) in [5.74, 6) is -0.477. The topological polar surface area (TPSA) is 87.1 Å². The number of aliphatic hydroxyl groups is 2. The van der Waals surface area contributed by atoms with Crippen LogP contribution in [0.3, 0.4) is 0 Å². The van der Waals surface area contributed by atoms with Crippen molar-refractivity contribution in [2.24, 2.45) is 0 Å². The van der Waals surface area contributed by atoms with Crippen LogP contribution in [0.2, 0.25) is 0 Å². The Morgan fingerprint density at radius 3 is 2.52 bits per heavy atom. The zero-order valence-electron chi connectivity index (χ0n) is 14.4. The molecule has 0 aliphatic carbocycles. The van der Waals surface area contributed by atoms with E-state index in [0.29, 0.717) is 31.4 Å². The largest absolute Gasteiger partial charge is 0.387 e. The number of aliphatic hydroxyl groups excluding tert-OH is 1. The Bertz CT molecular complexity index is 756. The highest BCUT2D eigenvalue weighted by molar-refractivity contribution is 7.89. The zero-order chi connectivity index (χ0) is 18.5. The van der Waals surface area contributed by atoms with E-state index in [1.54, 1.807) is 13.8 Å². The Morgan fingerprint density at radius 1 is 1.28 bits per heavy atom. The summed E-state index contributed by atoms with van der Waals surface area (Å²) in [5.41, 5.74) is -1.81. The first-order valence-electron chi connectivity index (χ1n) is 8.39. The van der Waals surface area contributed by atoms with E-state index < -0.39 is 33.1 Å². The molecule has 1 spiro atoms. The molecule has 0 unspecified atom stereocenters. The summed E-state index contributed by atoms with van der Waals surface area (Å²) in [7, 11) is -3.74. The van der Waals surface area contributed by atoms with E-state index in [1.807, 2.05) is 0 Å². The second kappa shape index (κ2) is 6.28. The van der Waals surface area contributed by atoms with E-state index in [1.165, 1.54) is 16.4 Å². The predicted octanol–water partition coefficient (Wildman–Crippen LogP) is 1.19. The number of ether oxygens (including phenoxy) is 1. The molecule has 25 heavy (non-hydrogen) atoms. The summed E-state index contributed by atoms with van der Waals surface area (Å²) < 4.78 is 46.1. The van der Waals surface area contributed by atoms with Crippen molar-refractivity contribution >= 4 is 10.0 Å². The van der Waals surface area contributed by atoms with Crippen LogP contribution in [0.25, 0.3) is 0 Å². The van der Waals surface area contributed by atoms with Gasteiger partial charge in [-0.3, -0.25) is 0 Å². The number of benzene rings is 1. The van der Waals surface area contributed by atoms with Crippen LogP contribution in [0.5, 0.6) is 0 Å².